The maximum atomic E-state index is 13.0. The van der Waals surface area contributed by atoms with E-state index in [1.54, 1.807) is 13.8 Å². The summed E-state index contributed by atoms with van der Waals surface area (Å²) in [4.78, 5) is 11.8. The predicted octanol–water partition coefficient (Wildman–Crippen LogP) is 1.61. The molecule has 0 saturated heterocycles. The van der Waals surface area contributed by atoms with E-state index in [0.717, 1.165) is 16.7 Å². The lowest BCUT2D eigenvalue weighted by Gasteiger charge is -2.19. The van der Waals surface area contributed by atoms with Gasteiger partial charge in [-0.25, -0.2) is 21.9 Å². The molecular formula is C17H27F2N3O3S. The van der Waals surface area contributed by atoms with Gasteiger partial charge in [0, 0.05) is 13.0 Å². The van der Waals surface area contributed by atoms with E-state index >= 15 is 0 Å². The second kappa shape index (κ2) is 8.41. The molecule has 1 rings (SSSR count). The van der Waals surface area contributed by atoms with E-state index < -0.39 is 34.9 Å². The molecule has 0 unspecified atom stereocenters. The number of halogens is 2. The number of amides is 1. The van der Waals surface area contributed by atoms with Crippen LogP contribution in [-0.4, -0.2) is 39.9 Å². The van der Waals surface area contributed by atoms with Gasteiger partial charge in [0.15, 0.2) is 0 Å². The third kappa shape index (κ3) is 5.21. The predicted molar refractivity (Wildman–Crippen MR) is 96.9 cm³/mol. The number of carbonyl (C=O) groups is 1. The SMILES string of the molecule is Cc1c(C)c(C)c(S(=O)(=O)NCCC(=O)NCC(F)(F)CN)c(C)c1C. The fraction of sp³-hybridized carbons (Fsp3) is 0.588. The van der Waals surface area contributed by atoms with Crippen molar-refractivity contribution in [2.75, 3.05) is 19.6 Å². The largest absolute Gasteiger partial charge is 0.350 e. The Morgan fingerprint density at radius 1 is 1.00 bits per heavy atom. The van der Waals surface area contributed by atoms with Crippen molar-refractivity contribution in [2.45, 2.75) is 51.9 Å². The number of nitrogens with one attached hydrogen (secondary N) is 2. The van der Waals surface area contributed by atoms with Crippen LogP contribution in [0.2, 0.25) is 0 Å². The fourth-order valence-electron chi connectivity index (χ4n) is 2.63. The average Bonchev–Trinajstić information content (AvgIpc) is 2.56. The van der Waals surface area contributed by atoms with Crippen molar-refractivity contribution < 1.29 is 22.0 Å². The Balaban J connectivity index is 2.82. The second-order valence-electron chi connectivity index (χ2n) is 6.44. The van der Waals surface area contributed by atoms with Crippen LogP contribution in [0.15, 0.2) is 4.90 Å². The van der Waals surface area contributed by atoms with Gasteiger partial charge in [-0.3, -0.25) is 4.79 Å². The summed E-state index contributed by atoms with van der Waals surface area (Å²) in [5.41, 5.74) is 9.04. The summed E-state index contributed by atoms with van der Waals surface area (Å²) >= 11 is 0. The van der Waals surface area contributed by atoms with E-state index in [-0.39, 0.29) is 17.9 Å². The number of sulfonamides is 1. The second-order valence-corrected chi connectivity index (χ2v) is 8.14. The summed E-state index contributed by atoms with van der Waals surface area (Å²) in [5, 5.41) is 2.04. The molecule has 6 nitrogen and oxygen atoms in total. The summed E-state index contributed by atoms with van der Waals surface area (Å²) in [6.07, 6.45) is -0.248. The number of benzene rings is 1. The van der Waals surface area contributed by atoms with Gasteiger partial charge in [-0.2, -0.15) is 0 Å². The Kier molecular flexibility index (Phi) is 7.26. The van der Waals surface area contributed by atoms with Crippen LogP contribution in [0, 0.1) is 34.6 Å². The van der Waals surface area contributed by atoms with Crippen LogP contribution in [0.25, 0.3) is 0 Å². The number of hydrogen-bond acceptors (Lipinski definition) is 4. The fourth-order valence-corrected chi connectivity index (χ4v) is 4.26. The molecule has 0 spiro atoms. The van der Waals surface area contributed by atoms with Crippen LogP contribution in [0.1, 0.15) is 34.2 Å². The lowest BCUT2D eigenvalue weighted by atomic mass is 9.95. The van der Waals surface area contributed by atoms with Gasteiger partial charge in [-0.05, 0) is 62.4 Å². The molecule has 9 heteroatoms. The number of hydrogen-bond donors (Lipinski definition) is 3. The lowest BCUT2D eigenvalue weighted by molar-refractivity contribution is -0.122. The molecule has 0 aliphatic carbocycles. The van der Waals surface area contributed by atoms with Crippen LogP contribution in [0.3, 0.4) is 0 Å². The Bertz CT molecular complexity index is 764. The summed E-state index contributed by atoms with van der Waals surface area (Å²) in [6, 6.07) is 0. The highest BCUT2D eigenvalue weighted by molar-refractivity contribution is 7.89. The van der Waals surface area contributed by atoms with Gasteiger partial charge in [-0.15, -0.1) is 0 Å². The maximum Gasteiger partial charge on any atom is 0.277 e. The molecule has 1 aromatic rings. The monoisotopic (exact) mass is 391 g/mol. The van der Waals surface area contributed by atoms with Crippen LogP contribution in [0.4, 0.5) is 8.78 Å². The average molecular weight is 391 g/mol. The minimum absolute atomic E-state index is 0.187. The summed E-state index contributed by atoms with van der Waals surface area (Å²) in [7, 11) is -3.83. The van der Waals surface area contributed by atoms with E-state index in [0.29, 0.717) is 11.1 Å². The van der Waals surface area contributed by atoms with Crippen LogP contribution in [0.5, 0.6) is 0 Å². The zero-order chi connectivity index (χ0) is 20.3. The molecule has 148 valence electrons. The summed E-state index contributed by atoms with van der Waals surface area (Å²) in [5.74, 6) is -3.86. The molecule has 1 aromatic carbocycles. The lowest BCUT2D eigenvalue weighted by Crippen LogP contribution is -2.42. The van der Waals surface area contributed by atoms with Gasteiger partial charge < -0.3 is 11.1 Å². The van der Waals surface area contributed by atoms with Crippen molar-refractivity contribution in [1.82, 2.24) is 10.0 Å². The van der Waals surface area contributed by atoms with Crippen molar-refractivity contribution in [3.05, 3.63) is 27.8 Å². The molecule has 0 bridgehead atoms. The molecule has 0 aromatic heterocycles. The van der Waals surface area contributed by atoms with Gasteiger partial charge in [-0.1, -0.05) is 0 Å². The first-order valence-corrected chi connectivity index (χ1v) is 9.73. The van der Waals surface area contributed by atoms with Crippen LogP contribution in [-0.2, 0) is 14.8 Å². The zero-order valence-corrected chi connectivity index (χ0v) is 16.6. The van der Waals surface area contributed by atoms with Gasteiger partial charge in [0.1, 0.15) is 0 Å². The number of alkyl halides is 2. The minimum Gasteiger partial charge on any atom is -0.350 e. The van der Waals surface area contributed by atoms with E-state index in [1.807, 2.05) is 26.1 Å². The smallest absolute Gasteiger partial charge is 0.277 e. The Morgan fingerprint density at radius 2 is 1.46 bits per heavy atom. The normalized spacial score (nSPS) is 12.3. The van der Waals surface area contributed by atoms with Gasteiger partial charge >= 0.3 is 0 Å². The molecule has 0 heterocycles. The highest BCUT2D eigenvalue weighted by Crippen LogP contribution is 2.29. The molecule has 0 radical (unpaired) electrons. The first-order chi connectivity index (χ1) is 11.8. The van der Waals surface area contributed by atoms with Crippen molar-refractivity contribution in [3.8, 4) is 0 Å². The topological polar surface area (TPSA) is 101 Å². The zero-order valence-electron chi connectivity index (χ0n) is 15.8. The highest BCUT2D eigenvalue weighted by Gasteiger charge is 2.27. The highest BCUT2D eigenvalue weighted by atomic mass is 32.2. The summed E-state index contributed by atoms with van der Waals surface area (Å²) in [6.45, 7) is 7.22. The third-order valence-electron chi connectivity index (χ3n) is 4.69. The molecular weight excluding hydrogens is 364 g/mol. The van der Waals surface area contributed by atoms with E-state index in [9.17, 15) is 22.0 Å². The molecule has 1 amide bonds. The van der Waals surface area contributed by atoms with Gasteiger partial charge in [0.25, 0.3) is 5.92 Å². The molecule has 26 heavy (non-hydrogen) atoms. The quantitative estimate of drug-likeness (QED) is 0.627. The maximum absolute atomic E-state index is 13.0. The first-order valence-electron chi connectivity index (χ1n) is 8.25. The molecule has 0 saturated carbocycles. The van der Waals surface area contributed by atoms with Crippen molar-refractivity contribution in [3.63, 3.8) is 0 Å². The van der Waals surface area contributed by atoms with Crippen molar-refractivity contribution in [1.29, 1.82) is 0 Å². The molecule has 4 N–H and O–H groups in total. The van der Waals surface area contributed by atoms with Crippen molar-refractivity contribution in [2.24, 2.45) is 5.73 Å². The summed E-state index contributed by atoms with van der Waals surface area (Å²) < 4.78 is 53.7. The van der Waals surface area contributed by atoms with Gasteiger partial charge in [0.05, 0.1) is 18.0 Å². The minimum atomic E-state index is -3.83. The van der Waals surface area contributed by atoms with E-state index in [1.165, 1.54) is 0 Å². The van der Waals surface area contributed by atoms with Crippen LogP contribution < -0.4 is 15.8 Å². The van der Waals surface area contributed by atoms with Crippen molar-refractivity contribution >= 4 is 15.9 Å². The molecule has 0 fully saturated rings. The Morgan fingerprint density at radius 3 is 1.92 bits per heavy atom. The first kappa shape index (κ1) is 22.5. The Hall–Kier alpha value is -1.58. The van der Waals surface area contributed by atoms with E-state index in [4.69, 9.17) is 5.73 Å². The third-order valence-corrected chi connectivity index (χ3v) is 6.42. The van der Waals surface area contributed by atoms with Gasteiger partial charge in [0.2, 0.25) is 15.9 Å². The van der Waals surface area contributed by atoms with E-state index in [2.05, 4.69) is 4.72 Å². The van der Waals surface area contributed by atoms with Crippen LogP contribution >= 0.6 is 0 Å². The Labute approximate surface area is 153 Å². The number of carbonyl (C=O) groups excluding carboxylic acids is 1. The molecule has 0 aliphatic rings. The number of nitrogens with two attached hydrogens (primary N) is 1. The standard InChI is InChI=1S/C17H27F2N3O3S/c1-10-11(2)13(4)16(14(5)12(10)3)26(24,25)22-7-6-15(23)21-9-17(18,19)8-20/h22H,6-9,20H2,1-5H3,(H,21,23). The molecule has 0 atom stereocenters. The number of rotatable bonds is 8. The molecule has 0 aliphatic heterocycles.